The van der Waals surface area contributed by atoms with E-state index in [1.165, 1.54) is 7.11 Å². The molecule has 0 bridgehead atoms. The van der Waals surface area contributed by atoms with Gasteiger partial charge in [-0.2, -0.15) is 0 Å². The highest BCUT2D eigenvalue weighted by Gasteiger charge is 2.11. The number of halogens is 1. The highest BCUT2D eigenvalue weighted by Crippen LogP contribution is 2.28. The first-order chi connectivity index (χ1) is 10.2. The normalized spacial score (nSPS) is 10.8. The number of rotatable bonds is 4. The molecule has 0 N–H and O–H groups in total. The van der Waals surface area contributed by atoms with Gasteiger partial charge in [-0.15, -0.1) is 0 Å². The predicted octanol–water partition coefficient (Wildman–Crippen LogP) is 3.85. The molecule has 0 aliphatic rings. The summed E-state index contributed by atoms with van der Waals surface area (Å²) < 4.78 is 26.6. The summed E-state index contributed by atoms with van der Waals surface area (Å²) in [5, 5.41) is 1.02. The van der Waals surface area contributed by atoms with Crippen molar-refractivity contribution in [2.75, 3.05) is 14.2 Å². The monoisotopic (exact) mass is 285 g/mol. The standard InChI is InChI=1S/C17H16FNO2/c1-20-15-7-4-6-14-13(15)9-10-19(14)11-12-5-3-8-16(21-2)17(12)18/h3-10H,11H2,1-2H3. The van der Waals surface area contributed by atoms with Gasteiger partial charge in [-0.25, -0.2) is 4.39 Å². The van der Waals surface area contributed by atoms with E-state index in [-0.39, 0.29) is 11.6 Å². The summed E-state index contributed by atoms with van der Waals surface area (Å²) in [4.78, 5) is 0. The number of ether oxygens (including phenoxy) is 2. The molecule has 0 aliphatic heterocycles. The van der Waals surface area contributed by atoms with Crippen molar-refractivity contribution in [3.63, 3.8) is 0 Å². The second-order valence-electron chi connectivity index (χ2n) is 4.77. The second kappa shape index (κ2) is 5.48. The van der Waals surface area contributed by atoms with Gasteiger partial charge in [0.25, 0.3) is 0 Å². The molecule has 2 aromatic carbocycles. The fourth-order valence-corrected chi connectivity index (χ4v) is 2.53. The van der Waals surface area contributed by atoms with Gasteiger partial charge >= 0.3 is 0 Å². The average Bonchev–Trinajstić information content (AvgIpc) is 2.92. The van der Waals surface area contributed by atoms with E-state index in [0.29, 0.717) is 12.1 Å². The highest BCUT2D eigenvalue weighted by atomic mass is 19.1. The van der Waals surface area contributed by atoms with Gasteiger partial charge in [0, 0.05) is 17.1 Å². The lowest BCUT2D eigenvalue weighted by Gasteiger charge is -2.10. The molecule has 0 radical (unpaired) electrons. The van der Waals surface area contributed by atoms with Gasteiger partial charge in [0.1, 0.15) is 5.75 Å². The van der Waals surface area contributed by atoms with Crippen molar-refractivity contribution in [1.29, 1.82) is 0 Å². The maximum absolute atomic E-state index is 14.2. The Balaban J connectivity index is 2.03. The lowest BCUT2D eigenvalue weighted by Crippen LogP contribution is -2.02. The van der Waals surface area contributed by atoms with Crippen LogP contribution in [-0.4, -0.2) is 18.8 Å². The van der Waals surface area contributed by atoms with Crippen molar-refractivity contribution < 1.29 is 13.9 Å². The summed E-state index contributed by atoms with van der Waals surface area (Å²) >= 11 is 0. The first-order valence-corrected chi connectivity index (χ1v) is 6.68. The molecule has 4 heteroatoms. The molecule has 3 rings (SSSR count). The van der Waals surface area contributed by atoms with Gasteiger partial charge in [0.15, 0.2) is 11.6 Å². The zero-order chi connectivity index (χ0) is 14.8. The first-order valence-electron chi connectivity index (χ1n) is 6.68. The number of methoxy groups -OCH3 is 2. The summed E-state index contributed by atoms with van der Waals surface area (Å²) in [6.45, 7) is 0.444. The Morgan fingerprint density at radius 1 is 0.952 bits per heavy atom. The third kappa shape index (κ3) is 2.33. The molecule has 0 spiro atoms. The van der Waals surface area contributed by atoms with Gasteiger partial charge in [0.2, 0.25) is 0 Å². The molecule has 3 nitrogen and oxygen atoms in total. The first kappa shape index (κ1) is 13.5. The van der Waals surface area contributed by atoms with E-state index < -0.39 is 0 Å². The Morgan fingerprint density at radius 2 is 1.67 bits per heavy atom. The highest BCUT2D eigenvalue weighted by molar-refractivity contribution is 5.86. The Bertz CT molecular complexity index is 780. The summed E-state index contributed by atoms with van der Waals surface area (Å²) in [6.07, 6.45) is 1.94. The lowest BCUT2D eigenvalue weighted by atomic mass is 10.2. The Kier molecular flexibility index (Phi) is 3.52. The minimum absolute atomic E-state index is 0.265. The van der Waals surface area contributed by atoms with Crippen LogP contribution < -0.4 is 9.47 Å². The van der Waals surface area contributed by atoms with Crippen LogP contribution in [0.4, 0.5) is 4.39 Å². The summed E-state index contributed by atoms with van der Waals surface area (Å²) in [7, 11) is 3.12. The van der Waals surface area contributed by atoms with Gasteiger partial charge in [-0.1, -0.05) is 18.2 Å². The second-order valence-corrected chi connectivity index (χ2v) is 4.77. The van der Waals surface area contributed by atoms with Crippen LogP contribution in [0.5, 0.6) is 11.5 Å². The van der Waals surface area contributed by atoms with E-state index >= 15 is 0 Å². The van der Waals surface area contributed by atoms with Crippen molar-refractivity contribution in [3.8, 4) is 11.5 Å². The van der Waals surface area contributed by atoms with Gasteiger partial charge in [-0.05, 0) is 24.3 Å². The van der Waals surface area contributed by atoms with E-state index in [0.717, 1.165) is 16.7 Å². The number of aromatic nitrogens is 1. The minimum atomic E-state index is -0.315. The van der Waals surface area contributed by atoms with Crippen LogP contribution in [-0.2, 0) is 6.54 Å². The molecule has 1 heterocycles. The number of hydrogen-bond acceptors (Lipinski definition) is 2. The van der Waals surface area contributed by atoms with Crippen LogP contribution in [0.25, 0.3) is 10.9 Å². The smallest absolute Gasteiger partial charge is 0.170 e. The van der Waals surface area contributed by atoms with E-state index in [4.69, 9.17) is 9.47 Å². The summed E-state index contributed by atoms with van der Waals surface area (Å²) in [6, 6.07) is 13.0. The molecule has 0 unspecified atom stereocenters. The average molecular weight is 285 g/mol. The Labute approximate surface area is 122 Å². The topological polar surface area (TPSA) is 23.4 Å². The molecule has 3 aromatic rings. The van der Waals surface area contributed by atoms with Crippen molar-refractivity contribution in [3.05, 3.63) is 60.0 Å². The van der Waals surface area contributed by atoms with Crippen molar-refractivity contribution in [1.82, 2.24) is 4.57 Å². The van der Waals surface area contributed by atoms with Crippen LogP contribution >= 0.6 is 0 Å². The SMILES string of the molecule is COc1cccc(Cn2ccc3c(OC)cccc32)c1F. The lowest BCUT2D eigenvalue weighted by molar-refractivity contribution is 0.383. The van der Waals surface area contributed by atoms with E-state index in [9.17, 15) is 4.39 Å². The number of benzene rings is 2. The summed E-state index contributed by atoms with van der Waals surface area (Å²) in [5.41, 5.74) is 1.60. The van der Waals surface area contributed by atoms with Crippen molar-refractivity contribution in [2.45, 2.75) is 6.54 Å². The van der Waals surface area contributed by atoms with Crippen molar-refractivity contribution in [2.24, 2.45) is 0 Å². The molecule has 0 amide bonds. The minimum Gasteiger partial charge on any atom is -0.496 e. The van der Waals surface area contributed by atoms with Crippen molar-refractivity contribution >= 4 is 10.9 Å². The number of fused-ring (bicyclic) bond motifs is 1. The molecule has 21 heavy (non-hydrogen) atoms. The molecular weight excluding hydrogens is 269 g/mol. The number of nitrogens with zero attached hydrogens (tertiary/aromatic N) is 1. The van der Waals surface area contributed by atoms with E-state index in [2.05, 4.69) is 0 Å². The molecule has 1 aromatic heterocycles. The van der Waals surface area contributed by atoms with Gasteiger partial charge < -0.3 is 14.0 Å². The third-order valence-electron chi connectivity index (χ3n) is 3.60. The molecule has 0 atom stereocenters. The maximum Gasteiger partial charge on any atom is 0.170 e. The zero-order valence-electron chi connectivity index (χ0n) is 12.0. The third-order valence-corrected chi connectivity index (χ3v) is 3.60. The predicted molar refractivity (Wildman–Crippen MR) is 80.5 cm³/mol. The molecule has 108 valence electrons. The van der Waals surface area contributed by atoms with Crippen LogP contribution in [0, 0.1) is 5.82 Å². The molecule has 0 saturated carbocycles. The van der Waals surface area contributed by atoms with Crippen LogP contribution in [0.15, 0.2) is 48.7 Å². The maximum atomic E-state index is 14.2. The molecule has 0 fully saturated rings. The Morgan fingerprint density at radius 3 is 2.43 bits per heavy atom. The molecular formula is C17H16FNO2. The largest absolute Gasteiger partial charge is 0.496 e. The number of hydrogen-bond donors (Lipinski definition) is 0. The quantitative estimate of drug-likeness (QED) is 0.727. The molecule has 0 saturated heterocycles. The molecule has 0 aliphatic carbocycles. The van der Waals surface area contributed by atoms with E-state index in [1.807, 2.05) is 35.0 Å². The summed E-state index contributed by atoms with van der Waals surface area (Å²) in [5.74, 6) is 0.767. The zero-order valence-corrected chi connectivity index (χ0v) is 12.0. The van der Waals surface area contributed by atoms with Crippen LogP contribution in [0.2, 0.25) is 0 Å². The van der Waals surface area contributed by atoms with Crippen LogP contribution in [0.1, 0.15) is 5.56 Å². The van der Waals surface area contributed by atoms with Gasteiger partial charge in [0.05, 0.1) is 26.3 Å². The van der Waals surface area contributed by atoms with Crippen LogP contribution in [0.3, 0.4) is 0 Å². The fraction of sp³-hybridized carbons (Fsp3) is 0.176. The van der Waals surface area contributed by atoms with Gasteiger partial charge in [-0.3, -0.25) is 0 Å². The Hall–Kier alpha value is -2.49. The fourth-order valence-electron chi connectivity index (χ4n) is 2.53. The van der Waals surface area contributed by atoms with E-state index in [1.54, 1.807) is 25.3 Å².